The number of benzene rings is 1. The molecule has 1 aromatic heterocycles. The third-order valence-corrected chi connectivity index (χ3v) is 3.77. The van der Waals surface area contributed by atoms with Gasteiger partial charge in [-0.3, -0.25) is 4.98 Å². The fourth-order valence-electron chi connectivity index (χ4n) is 2.67. The number of nitrogens with one attached hydrogen (secondary N) is 1. The Morgan fingerprint density at radius 1 is 1.16 bits per heavy atom. The van der Waals surface area contributed by atoms with Crippen molar-refractivity contribution in [2.45, 2.75) is 44.4 Å². The summed E-state index contributed by atoms with van der Waals surface area (Å²) < 4.78 is 0. The van der Waals surface area contributed by atoms with Gasteiger partial charge in [0.1, 0.15) is 0 Å². The highest BCUT2D eigenvalue weighted by Crippen LogP contribution is 2.18. The molecule has 0 spiro atoms. The summed E-state index contributed by atoms with van der Waals surface area (Å²) in [6, 6.07) is 8.07. The second-order valence-corrected chi connectivity index (χ2v) is 5.19. The minimum atomic E-state index is -0.220. The SMILES string of the molecule is OC1CCCCC1NCc1cnc2ccccc2n1. The predicted octanol–water partition coefficient (Wildman–Crippen LogP) is 2.02. The van der Waals surface area contributed by atoms with E-state index < -0.39 is 0 Å². The van der Waals surface area contributed by atoms with E-state index in [0.717, 1.165) is 36.0 Å². The van der Waals surface area contributed by atoms with Crippen molar-refractivity contribution in [3.63, 3.8) is 0 Å². The molecule has 2 N–H and O–H groups in total. The Balaban J connectivity index is 1.67. The van der Waals surface area contributed by atoms with E-state index in [9.17, 15) is 5.11 Å². The molecule has 0 aliphatic heterocycles. The van der Waals surface area contributed by atoms with Crippen molar-refractivity contribution in [3.8, 4) is 0 Å². The fourth-order valence-corrected chi connectivity index (χ4v) is 2.67. The van der Waals surface area contributed by atoms with Gasteiger partial charge in [-0.15, -0.1) is 0 Å². The third kappa shape index (κ3) is 2.91. The first-order valence-corrected chi connectivity index (χ1v) is 6.95. The maximum atomic E-state index is 9.92. The van der Waals surface area contributed by atoms with Crippen LogP contribution in [0.15, 0.2) is 30.5 Å². The first-order valence-electron chi connectivity index (χ1n) is 6.95. The number of aliphatic hydroxyl groups is 1. The lowest BCUT2D eigenvalue weighted by Crippen LogP contribution is -2.41. The van der Waals surface area contributed by atoms with Crippen LogP contribution in [0.5, 0.6) is 0 Å². The summed E-state index contributed by atoms with van der Waals surface area (Å²) in [5.74, 6) is 0. The molecule has 1 heterocycles. The van der Waals surface area contributed by atoms with Crippen LogP contribution in [0.3, 0.4) is 0 Å². The van der Waals surface area contributed by atoms with E-state index in [0.29, 0.717) is 6.54 Å². The van der Waals surface area contributed by atoms with Crippen molar-refractivity contribution in [1.82, 2.24) is 15.3 Å². The Kier molecular flexibility index (Phi) is 3.71. The number of hydrogen-bond donors (Lipinski definition) is 2. The first kappa shape index (κ1) is 12.5. The largest absolute Gasteiger partial charge is 0.392 e. The number of hydrogen-bond acceptors (Lipinski definition) is 4. The molecular formula is C15H19N3O. The van der Waals surface area contributed by atoms with Gasteiger partial charge in [-0.25, -0.2) is 4.98 Å². The van der Waals surface area contributed by atoms with Crippen molar-refractivity contribution in [2.24, 2.45) is 0 Å². The van der Waals surface area contributed by atoms with Gasteiger partial charge in [-0.2, -0.15) is 0 Å². The Labute approximate surface area is 112 Å². The zero-order chi connectivity index (χ0) is 13.1. The van der Waals surface area contributed by atoms with Crippen molar-refractivity contribution in [2.75, 3.05) is 0 Å². The maximum absolute atomic E-state index is 9.92. The van der Waals surface area contributed by atoms with E-state index >= 15 is 0 Å². The van der Waals surface area contributed by atoms with Gasteiger partial charge in [0.05, 0.1) is 29.0 Å². The molecule has 0 bridgehead atoms. The molecule has 4 heteroatoms. The van der Waals surface area contributed by atoms with E-state index in [-0.39, 0.29) is 12.1 Å². The average Bonchev–Trinajstić information content (AvgIpc) is 2.46. The number of fused-ring (bicyclic) bond motifs is 1. The average molecular weight is 257 g/mol. The Morgan fingerprint density at radius 2 is 1.95 bits per heavy atom. The van der Waals surface area contributed by atoms with E-state index in [4.69, 9.17) is 0 Å². The summed E-state index contributed by atoms with van der Waals surface area (Å²) in [4.78, 5) is 8.98. The van der Waals surface area contributed by atoms with Gasteiger partial charge in [0.25, 0.3) is 0 Å². The Bertz CT molecular complexity index is 558. The van der Waals surface area contributed by atoms with Crippen LogP contribution in [0.4, 0.5) is 0 Å². The molecule has 2 atom stereocenters. The van der Waals surface area contributed by atoms with Gasteiger partial charge in [-0.1, -0.05) is 25.0 Å². The first-order chi connectivity index (χ1) is 9.33. The molecule has 0 saturated heterocycles. The smallest absolute Gasteiger partial charge is 0.0890 e. The molecule has 19 heavy (non-hydrogen) atoms. The second kappa shape index (κ2) is 5.63. The van der Waals surface area contributed by atoms with Crippen molar-refractivity contribution in [3.05, 3.63) is 36.2 Å². The number of aliphatic hydroxyl groups excluding tert-OH is 1. The molecule has 1 fully saturated rings. The van der Waals surface area contributed by atoms with Gasteiger partial charge in [0.2, 0.25) is 0 Å². The molecule has 0 amide bonds. The second-order valence-electron chi connectivity index (χ2n) is 5.19. The number of aromatic nitrogens is 2. The molecule has 1 aromatic carbocycles. The number of para-hydroxylation sites is 2. The van der Waals surface area contributed by atoms with E-state index in [1.807, 2.05) is 30.5 Å². The van der Waals surface area contributed by atoms with Gasteiger partial charge in [-0.05, 0) is 25.0 Å². The van der Waals surface area contributed by atoms with Crippen molar-refractivity contribution >= 4 is 11.0 Å². The highest BCUT2D eigenvalue weighted by Gasteiger charge is 2.22. The quantitative estimate of drug-likeness (QED) is 0.883. The van der Waals surface area contributed by atoms with Crippen LogP contribution in [0.1, 0.15) is 31.4 Å². The van der Waals surface area contributed by atoms with Gasteiger partial charge < -0.3 is 10.4 Å². The normalized spacial score (nSPS) is 23.6. The molecule has 1 aliphatic rings. The molecule has 2 aromatic rings. The summed E-state index contributed by atoms with van der Waals surface area (Å²) in [5.41, 5.74) is 2.77. The lowest BCUT2D eigenvalue weighted by molar-refractivity contribution is 0.0901. The van der Waals surface area contributed by atoms with Crippen molar-refractivity contribution < 1.29 is 5.11 Å². The van der Waals surface area contributed by atoms with Gasteiger partial charge in [0, 0.05) is 12.6 Å². The monoisotopic (exact) mass is 257 g/mol. The summed E-state index contributed by atoms with van der Waals surface area (Å²) in [6.45, 7) is 0.666. The summed E-state index contributed by atoms with van der Waals surface area (Å²) >= 11 is 0. The van der Waals surface area contributed by atoms with Crippen LogP contribution in [0.2, 0.25) is 0 Å². The lowest BCUT2D eigenvalue weighted by atomic mass is 9.92. The molecule has 4 nitrogen and oxygen atoms in total. The maximum Gasteiger partial charge on any atom is 0.0890 e. The van der Waals surface area contributed by atoms with Gasteiger partial charge >= 0.3 is 0 Å². The topological polar surface area (TPSA) is 58.0 Å². The molecular weight excluding hydrogens is 238 g/mol. The van der Waals surface area contributed by atoms with E-state index in [2.05, 4.69) is 15.3 Å². The molecule has 1 aliphatic carbocycles. The van der Waals surface area contributed by atoms with Crippen LogP contribution < -0.4 is 5.32 Å². The van der Waals surface area contributed by atoms with Crippen LogP contribution >= 0.6 is 0 Å². The highest BCUT2D eigenvalue weighted by molar-refractivity contribution is 5.73. The fraction of sp³-hybridized carbons (Fsp3) is 0.467. The minimum absolute atomic E-state index is 0.196. The summed E-state index contributed by atoms with van der Waals surface area (Å²) in [5, 5.41) is 13.3. The van der Waals surface area contributed by atoms with Crippen molar-refractivity contribution in [1.29, 1.82) is 0 Å². The van der Waals surface area contributed by atoms with Crippen LogP contribution in [0, 0.1) is 0 Å². The lowest BCUT2D eigenvalue weighted by Gasteiger charge is -2.28. The number of nitrogens with zero attached hydrogens (tertiary/aromatic N) is 2. The van der Waals surface area contributed by atoms with E-state index in [1.54, 1.807) is 0 Å². The van der Waals surface area contributed by atoms with Crippen LogP contribution in [0.25, 0.3) is 11.0 Å². The minimum Gasteiger partial charge on any atom is -0.392 e. The van der Waals surface area contributed by atoms with Crippen LogP contribution in [-0.2, 0) is 6.54 Å². The molecule has 1 saturated carbocycles. The molecule has 3 rings (SSSR count). The standard InChI is InChI=1S/C15H19N3O/c19-15-8-4-3-7-14(15)17-10-11-9-16-12-5-1-2-6-13(12)18-11/h1-2,5-6,9,14-15,17,19H,3-4,7-8,10H2. The van der Waals surface area contributed by atoms with Gasteiger partial charge in [0.15, 0.2) is 0 Å². The third-order valence-electron chi connectivity index (χ3n) is 3.77. The number of rotatable bonds is 3. The molecule has 0 radical (unpaired) electrons. The molecule has 100 valence electrons. The molecule has 2 unspecified atom stereocenters. The predicted molar refractivity (Wildman–Crippen MR) is 74.6 cm³/mol. The zero-order valence-electron chi connectivity index (χ0n) is 10.9. The Hall–Kier alpha value is -1.52. The summed E-state index contributed by atoms with van der Waals surface area (Å²) in [7, 11) is 0. The van der Waals surface area contributed by atoms with E-state index in [1.165, 1.54) is 6.42 Å². The van der Waals surface area contributed by atoms with Crippen LogP contribution in [-0.4, -0.2) is 27.2 Å². The Morgan fingerprint density at radius 3 is 2.79 bits per heavy atom. The highest BCUT2D eigenvalue weighted by atomic mass is 16.3. The summed E-state index contributed by atoms with van der Waals surface area (Å²) in [6.07, 6.45) is 5.86. The zero-order valence-corrected chi connectivity index (χ0v) is 10.9.